The van der Waals surface area contributed by atoms with E-state index >= 15 is 0 Å². The summed E-state index contributed by atoms with van der Waals surface area (Å²) in [6.07, 6.45) is 2.86. The summed E-state index contributed by atoms with van der Waals surface area (Å²) in [7, 11) is 0. The first-order valence-electron chi connectivity index (χ1n) is 9.83. The van der Waals surface area contributed by atoms with Crippen LogP contribution in [0.2, 0.25) is 5.02 Å². The summed E-state index contributed by atoms with van der Waals surface area (Å²) in [6, 6.07) is 13.9. The van der Waals surface area contributed by atoms with Crippen molar-refractivity contribution in [1.82, 2.24) is 25.3 Å². The van der Waals surface area contributed by atoms with E-state index in [0.717, 1.165) is 46.9 Å². The minimum atomic E-state index is -0.274. The first-order valence-corrected chi connectivity index (χ1v) is 10.2. The summed E-state index contributed by atoms with van der Waals surface area (Å²) < 4.78 is 15.1. The summed E-state index contributed by atoms with van der Waals surface area (Å²) >= 11 is 6.44. The van der Waals surface area contributed by atoms with Gasteiger partial charge in [0.1, 0.15) is 5.82 Å². The van der Waals surface area contributed by atoms with Crippen molar-refractivity contribution in [3.05, 3.63) is 88.1 Å². The van der Waals surface area contributed by atoms with Crippen molar-refractivity contribution in [2.24, 2.45) is 0 Å². The third-order valence-corrected chi connectivity index (χ3v) is 5.49. The van der Waals surface area contributed by atoms with Gasteiger partial charge in [-0.2, -0.15) is 10.2 Å². The smallest absolute Gasteiger partial charge is 0.123 e. The van der Waals surface area contributed by atoms with Crippen LogP contribution < -0.4 is 5.32 Å². The number of aromatic nitrogens is 4. The van der Waals surface area contributed by atoms with Crippen LogP contribution in [0.25, 0.3) is 16.9 Å². The molecule has 0 bridgehead atoms. The highest BCUT2D eigenvalue weighted by atomic mass is 35.5. The van der Waals surface area contributed by atoms with E-state index in [2.05, 4.69) is 15.5 Å². The SMILES string of the molecule is Cc1n[nH]c(C)c1CCNCc1cn(-c2ccc(F)cc2)nc1-c1ccccc1Cl. The topological polar surface area (TPSA) is 58.5 Å². The molecule has 2 N–H and O–H groups in total. The summed E-state index contributed by atoms with van der Waals surface area (Å²) in [4.78, 5) is 0. The molecule has 4 aromatic rings. The van der Waals surface area contributed by atoms with Crippen molar-refractivity contribution in [2.75, 3.05) is 6.54 Å². The van der Waals surface area contributed by atoms with Crippen molar-refractivity contribution >= 4 is 11.6 Å². The van der Waals surface area contributed by atoms with E-state index in [-0.39, 0.29) is 5.82 Å². The van der Waals surface area contributed by atoms with Gasteiger partial charge in [-0.15, -0.1) is 0 Å². The number of hydrogen-bond acceptors (Lipinski definition) is 3. The Morgan fingerprint density at radius 1 is 1.10 bits per heavy atom. The van der Waals surface area contributed by atoms with Gasteiger partial charge in [0.25, 0.3) is 0 Å². The van der Waals surface area contributed by atoms with Crippen LogP contribution in [0, 0.1) is 19.7 Å². The van der Waals surface area contributed by atoms with Crippen molar-refractivity contribution in [2.45, 2.75) is 26.8 Å². The fraction of sp³-hybridized carbons (Fsp3) is 0.217. The number of benzene rings is 2. The normalized spacial score (nSPS) is 11.2. The molecule has 0 atom stereocenters. The molecule has 30 heavy (non-hydrogen) atoms. The van der Waals surface area contributed by atoms with Gasteiger partial charge in [-0.1, -0.05) is 29.8 Å². The lowest BCUT2D eigenvalue weighted by molar-refractivity contribution is 0.627. The maximum absolute atomic E-state index is 13.3. The van der Waals surface area contributed by atoms with Gasteiger partial charge in [-0.25, -0.2) is 9.07 Å². The molecule has 0 saturated carbocycles. The number of nitrogens with one attached hydrogen (secondary N) is 2. The van der Waals surface area contributed by atoms with E-state index in [0.29, 0.717) is 11.6 Å². The lowest BCUT2D eigenvalue weighted by Gasteiger charge is -2.07. The fourth-order valence-corrected chi connectivity index (χ4v) is 3.75. The Balaban J connectivity index is 1.57. The quantitative estimate of drug-likeness (QED) is 0.411. The van der Waals surface area contributed by atoms with Gasteiger partial charge in [-0.05, 0) is 62.7 Å². The molecule has 2 heterocycles. The molecule has 0 saturated heterocycles. The standard InChI is InChI=1S/C23H23ClFN5/c1-15-20(16(2)28-27-15)11-12-26-13-17-14-30(19-9-7-18(25)8-10-19)29-23(17)21-5-3-4-6-22(21)24/h3-10,14,26H,11-13H2,1-2H3,(H,27,28). The summed E-state index contributed by atoms with van der Waals surface area (Å²) in [5.41, 5.74) is 6.89. The fourth-order valence-electron chi connectivity index (χ4n) is 3.52. The van der Waals surface area contributed by atoms with E-state index in [4.69, 9.17) is 16.7 Å². The molecule has 0 aliphatic carbocycles. The monoisotopic (exact) mass is 423 g/mol. The van der Waals surface area contributed by atoms with Crippen LogP contribution in [-0.2, 0) is 13.0 Å². The molecule has 0 fully saturated rings. The number of hydrogen-bond donors (Lipinski definition) is 2. The molecule has 2 aromatic heterocycles. The van der Waals surface area contributed by atoms with Gasteiger partial charge in [-0.3, -0.25) is 5.10 Å². The maximum Gasteiger partial charge on any atom is 0.123 e. The van der Waals surface area contributed by atoms with Crippen LogP contribution in [0.5, 0.6) is 0 Å². The Morgan fingerprint density at radius 2 is 1.87 bits per heavy atom. The molecule has 5 nitrogen and oxygen atoms in total. The first-order chi connectivity index (χ1) is 14.5. The largest absolute Gasteiger partial charge is 0.312 e. The van der Waals surface area contributed by atoms with Crippen LogP contribution in [0.4, 0.5) is 4.39 Å². The van der Waals surface area contributed by atoms with E-state index < -0.39 is 0 Å². The van der Waals surface area contributed by atoms with Gasteiger partial charge < -0.3 is 5.32 Å². The predicted molar refractivity (Wildman–Crippen MR) is 117 cm³/mol. The molecule has 2 aromatic carbocycles. The van der Waals surface area contributed by atoms with E-state index in [1.54, 1.807) is 16.8 Å². The Kier molecular flexibility index (Phi) is 5.97. The van der Waals surface area contributed by atoms with Crippen molar-refractivity contribution < 1.29 is 4.39 Å². The van der Waals surface area contributed by atoms with Crippen LogP contribution in [0.15, 0.2) is 54.7 Å². The van der Waals surface area contributed by atoms with Crippen molar-refractivity contribution in [1.29, 1.82) is 0 Å². The second kappa shape index (κ2) is 8.81. The number of halogens is 2. The summed E-state index contributed by atoms with van der Waals surface area (Å²) in [5.74, 6) is -0.274. The lowest BCUT2D eigenvalue weighted by Crippen LogP contribution is -2.17. The molecule has 0 aliphatic rings. The average Bonchev–Trinajstić information content (AvgIpc) is 3.30. The molecule has 7 heteroatoms. The third-order valence-electron chi connectivity index (χ3n) is 5.16. The Bertz CT molecular complexity index is 1130. The highest BCUT2D eigenvalue weighted by Gasteiger charge is 2.15. The second-order valence-corrected chi connectivity index (χ2v) is 7.65. The molecule has 4 rings (SSSR count). The van der Waals surface area contributed by atoms with E-state index in [1.165, 1.54) is 17.7 Å². The zero-order chi connectivity index (χ0) is 21.1. The Labute approximate surface area is 179 Å². The predicted octanol–water partition coefficient (Wildman–Crippen LogP) is 5.00. The van der Waals surface area contributed by atoms with Crippen LogP contribution in [0.3, 0.4) is 0 Å². The molecule has 0 radical (unpaired) electrons. The molecule has 154 valence electrons. The number of H-pyrrole nitrogens is 1. The van der Waals surface area contributed by atoms with Gasteiger partial charge in [0, 0.05) is 29.6 Å². The molecule has 0 amide bonds. The van der Waals surface area contributed by atoms with Crippen molar-refractivity contribution in [3.8, 4) is 16.9 Å². The minimum absolute atomic E-state index is 0.274. The zero-order valence-electron chi connectivity index (χ0n) is 16.9. The Morgan fingerprint density at radius 3 is 2.57 bits per heavy atom. The maximum atomic E-state index is 13.3. The molecular weight excluding hydrogens is 401 g/mol. The minimum Gasteiger partial charge on any atom is -0.312 e. The lowest BCUT2D eigenvalue weighted by atomic mass is 10.1. The zero-order valence-corrected chi connectivity index (χ0v) is 17.7. The summed E-state index contributed by atoms with van der Waals surface area (Å²) in [6.45, 7) is 5.50. The van der Waals surface area contributed by atoms with Gasteiger partial charge in [0.05, 0.1) is 22.1 Å². The van der Waals surface area contributed by atoms with Gasteiger partial charge in [0.2, 0.25) is 0 Å². The molecular formula is C23H23ClFN5. The van der Waals surface area contributed by atoms with Gasteiger partial charge >= 0.3 is 0 Å². The second-order valence-electron chi connectivity index (χ2n) is 7.24. The summed E-state index contributed by atoms with van der Waals surface area (Å²) in [5, 5.41) is 16.2. The van der Waals surface area contributed by atoms with E-state index in [9.17, 15) is 4.39 Å². The number of rotatable bonds is 7. The van der Waals surface area contributed by atoms with Crippen LogP contribution in [0.1, 0.15) is 22.5 Å². The van der Waals surface area contributed by atoms with E-state index in [1.807, 2.05) is 44.3 Å². The van der Waals surface area contributed by atoms with Gasteiger partial charge in [0.15, 0.2) is 0 Å². The molecule has 0 spiro atoms. The van der Waals surface area contributed by atoms with Crippen LogP contribution >= 0.6 is 11.6 Å². The molecule has 0 aliphatic heterocycles. The number of aryl methyl sites for hydroxylation is 2. The first kappa shape index (κ1) is 20.3. The molecule has 0 unspecified atom stereocenters. The Hall–Kier alpha value is -2.96. The average molecular weight is 424 g/mol. The third kappa shape index (κ3) is 4.30. The number of aromatic amines is 1. The van der Waals surface area contributed by atoms with Crippen LogP contribution in [-0.4, -0.2) is 26.5 Å². The van der Waals surface area contributed by atoms with Crippen molar-refractivity contribution in [3.63, 3.8) is 0 Å². The number of nitrogens with zero attached hydrogens (tertiary/aromatic N) is 3. The highest BCUT2D eigenvalue weighted by Crippen LogP contribution is 2.30. The highest BCUT2D eigenvalue weighted by molar-refractivity contribution is 6.33.